The summed E-state index contributed by atoms with van der Waals surface area (Å²) in [6, 6.07) is 4.55. The van der Waals surface area contributed by atoms with Crippen LogP contribution < -0.4 is 5.32 Å². The zero-order valence-electron chi connectivity index (χ0n) is 10.3. The fourth-order valence-corrected chi connectivity index (χ4v) is 4.36. The maximum atomic E-state index is 12.5. The molecule has 108 valence electrons. The molecule has 1 N–H and O–H groups in total. The average molecular weight is 346 g/mol. The Labute approximate surface area is 129 Å². The van der Waals surface area contributed by atoms with Crippen molar-refractivity contribution in [1.29, 1.82) is 0 Å². The second-order valence-corrected chi connectivity index (χ2v) is 6.86. The Bertz CT molecular complexity index is 551. The van der Waals surface area contributed by atoms with E-state index in [2.05, 4.69) is 5.32 Å². The summed E-state index contributed by atoms with van der Waals surface area (Å²) in [7, 11) is -3.59. The maximum absolute atomic E-state index is 12.5. The first-order valence-corrected chi connectivity index (χ1v) is 7.81. The van der Waals surface area contributed by atoms with Crippen LogP contribution in [-0.4, -0.2) is 38.4 Å². The monoisotopic (exact) mass is 344 g/mol. The van der Waals surface area contributed by atoms with Gasteiger partial charge in [0.05, 0.1) is 10.0 Å². The van der Waals surface area contributed by atoms with E-state index in [0.29, 0.717) is 19.6 Å². The second-order valence-electron chi connectivity index (χ2n) is 4.22. The Morgan fingerprint density at radius 1 is 1.37 bits per heavy atom. The predicted molar refractivity (Wildman–Crippen MR) is 79.9 cm³/mol. The van der Waals surface area contributed by atoms with Crippen molar-refractivity contribution in [3.05, 3.63) is 28.2 Å². The summed E-state index contributed by atoms with van der Waals surface area (Å²) in [4.78, 5) is 0.0745. The molecule has 1 atom stereocenters. The van der Waals surface area contributed by atoms with E-state index in [1.54, 1.807) is 12.1 Å². The summed E-state index contributed by atoms with van der Waals surface area (Å²) >= 11 is 11.9. The van der Waals surface area contributed by atoms with Gasteiger partial charge in [-0.25, -0.2) is 8.42 Å². The number of nitrogens with zero attached hydrogens (tertiary/aromatic N) is 1. The lowest BCUT2D eigenvalue weighted by Gasteiger charge is -2.33. The van der Waals surface area contributed by atoms with Gasteiger partial charge in [-0.2, -0.15) is 4.31 Å². The van der Waals surface area contributed by atoms with E-state index in [-0.39, 0.29) is 33.4 Å². The molecule has 1 aliphatic heterocycles. The van der Waals surface area contributed by atoms with E-state index in [9.17, 15) is 8.42 Å². The molecule has 0 radical (unpaired) electrons. The van der Waals surface area contributed by atoms with Crippen LogP contribution in [-0.2, 0) is 10.0 Å². The first kappa shape index (κ1) is 17.0. The molecule has 0 amide bonds. The third kappa shape index (κ3) is 3.35. The van der Waals surface area contributed by atoms with E-state index in [0.717, 1.165) is 0 Å². The fourth-order valence-electron chi connectivity index (χ4n) is 1.99. The summed E-state index contributed by atoms with van der Waals surface area (Å²) in [6.45, 7) is 3.58. The number of hydrogen-bond donors (Lipinski definition) is 1. The summed E-state index contributed by atoms with van der Waals surface area (Å²) in [6.07, 6.45) is 0. The molecule has 1 heterocycles. The zero-order chi connectivity index (χ0) is 13.3. The van der Waals surface area contributed by atoms with Crippen LogP contribution in [0.5, 0.6) is 0 Å². The summed E-state index contributed by atoms with van der Waals surface area (Å²) in [5.41, 5.74) is 0. The quantitative estimate of drug-likeness (QED) is 0.895. The number of halogens is 3. The van der Waals surface area contributed by atoms with Crippen molar-refractivity contribution < 1.29 is 8.42 Å². The van der Waals surface area contributed by atoms with Crippen LogP contribution in [0.2, 0.25) is 10.0 Å². The SMILES string of the molecule is C[C@@H]1CNCCN1S(=O)(=O)c1cccc(Cl)c1Cl.Cl. The third-order valence-electron chi connectivity index (χ3n) is 2.94. The van der Waals surface area contributed by atoms with Crippen molar-refractivity contribution in [3.63, 3.8) is 0 Å². The van der Waals surface area contributed by atoms with Crippen LogP contribution >= 0.6 is 35.6 Å². The molecule has 1 aliphatic rings. The van der Waals surface area contributed by atoms with Crippen LogP contribution in [0.4, 0.5) is 0 Å². The Kier molecular flexibility index (Phi) is 5.92. The van der Waals surface area contributed by atoms with Crippen molar-refractivity contribution in [2.45, 2.75) is 17.9 Å². The highest BCUT2D eigenvalue weighted by molar-refractivity contribution is 7.89. The van der Waals surface area contributed by atoms with E-state index < -0.39 is 10.0 Å². The molecule has 1 aromatic carbocycles. The number of benzene rings is 1. The van der Waals surface area contributed by atoms with E-state index >= 15 is 0 Å². The summed E-state index contributed by atoms with van der Waals surface area (Å²) < 4.78 is 26.5. The first-order chi connectivity index (χ1) is 8.44. The van der Waals surface area contributed by atoms with Crippen LogP contribution in [0.1, 0.15) is 6.92 Å². The minimum Gasteiger partial charge on any atom is -0.314 e. The minimum atomic E-state index is -3.59. The number of piperazine rings is 1. The third-order valence-corrected chi connectivity index (χ3v) is 5.93. The van der Waals surface area contributed by atoms with Crippen LogP contribution in [0.25, 0.3) is 0 Å². The largest absolute Gasteiger partial charge is 0.314 e. The van der Waals surface area contributed by atoms with E-state index in [1.807, 2.05) is 6.92 Å². The number of rotatable bonds is 2. The highest BCUT2D eigenvalue weighted by Gasteiger charge is 2.32. The van der Waals surface area contributed by atoms with Gasteiger partial charge in [0.2, 0.25) is 10.0 Å². The van der Waals surface area contributed by atoms with Gasteiger partial charge in [-0.05, 0) is 19.1 Å². The van der Waals surface area contributed by atoms with Crippen molar-refractivity contribution in [3.8, 4) is 0 Å². The van der Waals surface area contributed by atoms with Crippen LogP contribution in [0.3, 0.4) is 0 Å². The lowest BCUT2D eigenvalue weighted by Crippen LogP contribution is -2.52. The van der Waals surface area contributed by atoms with Crippen LogP contribution in [0.15, 0.2) is 23.1 Å². The Hall–Kier alpha value is -0.0400. The number of hydrogen-bond acceptors (Lipinski definition) is 3. The fraction of sp³-hybridized carbons (Fsp3) is 0.455. The lowest BCUT2D eigenvalue weighted by atomic mass is 10.3. The van der Waals surface area contributed by atoms with Crippen LogP contribution in [0, 0.1) is 0 Å². The molecule has 0 spiro atoms. The van der Waals surface area contributed by atoms with Gasteiger partial charge in [0.25, 0.3) is 0 Å². The van der Waals surface area contributed by atoms with Crippen molar-refractivity contribution in [1.82, 2.24) is 9.62 Å². The summed E-state index contributed by atoms with van der Waals surface area (Å²) in [5, 5.41) is 3.49. The molecular formula is C11H15Cl3N2O2S. The van der Waals surface area contributed by atoms with Gasteiger partial charge in [-0.3, -0.25) is 0 Å². The van der Waals surface area contributed by atoms with Gasteiger partial charge >= 0.3 is 0 Å². The molecular weight excluding hydrogens is 331 g/mol. The highest BCUT2D eigenvalue weighted by atomic mass is 35.5. The molecule has 0 aliphatic carbocycles. The zero-order valence-corrected chi connectivity index (χ0v) is 13.4. The molecule has 8 heteroatoms. The Morgan fingerprint density at radius 2 is 2.05 bits per heavy atom. The Balaban J connectivity index is 0.00000180. The predicted octanol–water partition coefficient (Wildman–Crippen LogP) is 2.40. The van der Waals surface area contributed by atoms with Gasteiger partial charge in [0.1, 0.15) is 4.90 Å². The first-order valence-electron chi connectivity index (χ1n) is 5.61. The number of sulfonamides is 1. The van der Waals surface area contributed by atoms with Crippen molar-refractivity contribution >= 4 is 45.6 Å². The molecule has 2 rings (SSSR count). The standard InChI is InChI=1S/C11H14Cl2N2O2S.ClH/c1-8-7-14-5-6-15(8)18(16,17)10-4-2-3-9(12)11(10)13;/h2-4,8,14H,5-7H2,1H3;1H/t8-;/m1./s1. The van der Waals surface area contributed by atoms with Crippen molar-refractivity contribution in [2.24, 2.45) is 0 Å². The smallest absolute Gasteiger partial charge is 0.244 e. The van der Waals surface area contributed by atoms with Gasteiger partial charge in [0, 0.05) is 25.7 Å². The van der Waals surface area contributed by atoms with Gasteiger partial charge in [0.15, 0.2) is 0 Å². The van der Waals surface area contributed by atoms with E-state index in [1.165, 1.54) is 10.4 Å². The molecule has 1 aromatic rings. The lowest BCUT2D eigenvalue weighted by molar-refractivity contribution is 0.284. The molecule has 0 unspecified atom stereocenters. The average Bonchev–Trinajstić information content (AvgIpc) is 2.32. The van der Waals surface area contributed by atoms with Gasteiger partial charge in [-0.15, -0.1) is 12.4 Å². The molecule has 19 heavy (non-hydrogen) atoms. The second kappa shape index (κ2) is 6.61. The Morgan fingerprint density at radius 3 is 2.68 bits per heavy atom. The molecule has 0 aromatic heterocycles. The topological polar surface area (TPSA) is 49.4 Å². The molecule has 4 nitrogen and oxygen atoms in total. The number of nitrogens with one attached hydrogen (secondary N) is 1. The molecule has 1 saturated heterocycles. The molecule has 0 bridgehead atoms. The van der Waals surface area contributed by atoms with Crippen molar-refractivity contribution in [2.75, 3.05) is 19.6 Å². The summed E-state index contributed by atoms with van der Waals surface area (Å²) in [5.74, 6) is 0. The maximum Gasteiger partial charge on any atom is 0.244 e. The minimum absolute atomic E-state index is 0. The highest BCUT2D eigenvalue weighted by Crippen LogP contribution is 2.31. The molecule has 0 saturated carbocycles. The van der Waals surface area contributed by atoms with Gasteiger partial charge < -0.3 is 5.32 Å². The normalized spacial score (nSPS) is 20.9. The van der Waals surface area contributed by atoms with Gasteiger partial charge in [-0.1, -0.05) is 29.3 Å². The molecule has 1 fully saturated rings. The van der Waals surface area contributed by atoms with E-state index in [4.69, 9.17) is 23.2 Å².